The molecule has 182 valence electrons. The van der Waals surface area contributed by atoms with Gasteiger partial charge < -0.3 is 18.7 Å². The summed E-state index contributed by atoms with van der Waals surface area (Å²) in [6.07, 6.45) is 2.20. The van der Waals surface area contributed by atoms with Gasteiger partial charge in [-0.3, -0.25) is 4.79 Å². The Labute approximate surface area is 201 Å². The summed E-state index contributed by atoms with van der Waals surface area (Å²) in [5, 5.41) is 15.6. The molecule has 1 amide bonds. The van der Waals surface area contributed by atoms with E-state index >= 15 is 0 Å². The zero-order chi connectivity index (χ0) is 24.5. The number of nitrogens with zero attached hydrogens (tertiary/aromatic N) is 3. The average Bonchev–Trinajstić information content (AvgIpc) is 3.42. The lowest BCUT2D eigenvalue weighted by atomic mass is 9.78. The SMILES string of the molecule is C[C@@H](O[Si](C)(C)C(C)(C)C)c1nnc(CC2CC(NC(=O)c3cc(-c4ccccc4)no3)C2)o1. The predicted octanol–water partition coefficient (Wildman–Crippen LogP) is 5.56. The van der Waals surface area contributed by atoms with Gasteiger partial charge in [0.05, 0.1) is 0 Å². The molecule has 4 rings (SSSR count). The minimum Gasteiger partial charge on any atom is -0.422 e. The molecule has 1 aliphatic rings. The van der Waals surface area contributed by atoms with E-state index in [9.17, 15) is 4.79 Å². The normalized spacial score (nSPS) is 19.5. The van der Waals surface area contributed by atoms with Gasteiger partial charge in [-0.2, -0.15) is 0 Å². The van der Waals surface area contributed by atoms with Crippen LogP contribution in [0.5, 0.6) is 0 Å². The summed E-state index contributed by atoms with van der Waals surface area (Å²) in [5.74, 6) is 1.53. The zero-order valence-corrected chi connectivity index (χ0v) is 21.8. The summed E-state index contributed by atoms with van der Waals surface area (Å²) >= 11 is 0. The Bertz CT molecular complexity index is 1110. The molecule has 1 N–H and O–H groups in total. The van der Waals surface area contributed by atoms with Crippen molar-refractivity contribution in [3.05, 3.63) is 53.9 Å². The minimum atomic E-state index is -1.92. The number of benzene rings is 1. The van der Waals surface area contributed by atoms with Crippen LogP contribution in [0.2, 0.25) is 18.1 Å². The second kappa shape index (κ2) is 9.46. The molecule has 0 aliphatic heterocycles. The fourth-order valence-corrected chi connectivity index (χ4v) is 5.17. The van der Waals surface area contributed by atoms with Crippen molar-refractivity contribution < 1.29 is 18.2 Å². The molecule has 0 bridgehead atoms. The molecular weight excluding hydrogens is 448 g/mol. The number of rotatable bonds is 8. The van der Waals surface area contributed by atoms with Crippen molar-refractivity contribution in [1.29, 1.82) is 0 Å². The summed E-state index contributed by atoms with van der Waals surface area (Å²) < 4.78 is 17.5. The van der Waals surface area contributed by atoms with Crippen LogP contribution in [0.1, 0.15) is 69.0 Å². The van der Waals surface area contributed by atoms with Gasteiger partial charge in [-0.25, -0.2) is 0 Å². The van der Waals surface area contributed by atoms with Crippen molar-refractivity contribution in [1.82, 2.24) is 20.7 Å². The Morgan fingerprint density at radius 2 is 1.91 bits per heavy atom. The van der Waals surface area contributed by atoms with Crippen molar-refractivity contribution in [2.45, 2.75) is 77.2 Å². The minimum absolute atomic E-state index is 0.103. The second-order valence-electron chi connectivity index (χ2n) is 10.7. The monoisotopic (exact) mass is 482 g/mol. The standard InChI is InChI=1S/C25H34N4O4Si/c1-16(33-34(5,6)25(2,3)4)24-28-27-22(31-24)14-17-12-19(13-17)26-23(30)21-15-20(29-32-21)18-10-8-7-9-11-18/h7-11,15-17,19H,12-14H2,1-6H3,(H,26,30)/t16-,17?,19?/m1/s1. The molecule has 9 heteroatoms. The lowest BCUT2D eigenvalue weighted by Crippen LogP contribution is -2.44. The fourth-order valence-electron chi connectivity index (χ4n) is 3.83. The van der Waals surface area contributed by atoms with Gasteiger partial charge in [0.25, 0.3) is 5.91 Å². The van der Waals surface area contributed by atoms with Crippen LogP contribution in [0, 0.1) is 5.92 Å². The van der Waals surface area contributed by atoms with Crippen molar-refractivity contribution in [3.63, 3.8) is 0 Å². The second-order valence-corrected chi connectivity index (χ2v) is 15.5. The van der Waals surface area contributed by atoms with E-state index in [0.29, 0.717) is 29.8 Å². The lowest BCUT2D eigenvalue weighted by Gasteiger charge is -2.37. The highest BCUT2D eigenvalue weighted by Crippen LogP contribution is 2.39. The van der Waals surface area contributed by atoms with E-state index in [-0.39, 0.29) is 28.9 Å². The van der Waals surface area contributed by atoms with Crippen LogP contribution in [0.3, 0.4) is 0 Å². The first-order valence-corrected chi connectivity index (χ1v) is 14.8. The molecule has 0 unspecified atom stereocenters. The molecule has 0 radical (unpaired) electrons. The first-order valence-electron chi connectivity index (χ1n) is 11.8. The number of carbonyl (C=O) groups excluding carboxylic acids is 1. The number of hydrogen-bond acceptors (Lipinski definition) is 7. The topological polar surface area (TPSA) is 103 Å². The highest BCUT2D eigenvalue weighted by atomic mass is 28.4. The van der Waals surface area contributed by atoms with Gasteiger partial charge in [-0.15, -0.1) is 10.2 Å². The third-order valence-corrected chi connectivity index (χ3v) is 11.5. The molecule has 1 atom stereocenters. The average molecular weight is 483 g/mol. The molecule has 0 saturated heterocycles. The van der Waals surface area contributed by atoms with Crippen molar-refractivity contribution in [2.75, 3.05) is 0 Å². The van der Waals surface area contributed by atoms with Crippen LogP contribution >= 0.6 is 0 Å². The molecule has 2 aromatic heterocycles. The Hall–Kier alpha value is -2.78. The summed E-state index contributed by atoms with van der Waals surface area (Å²) in [6, 6.07) is 11.4. The lowest BCUT2D eigenvalue weighted by molar-refractivity contribution is 0.0849. The maximum atomic E-state index is 12.5. The molecule has 1 saturated carbocycles. The molecule has 3 aromatic rings. The maximum absolute atomic E-state index is 12.5. The first kappa shape index (κ1) is 24.3. The quantitative estimate of drug-likeness (QED) is 0.419. The van der Waals surface area contributed by atoms with Crippen LogP contribution < -0.4 is 5.32 Å². The highest BCUT2D eigenvalue weighted by molar-refractivity contribution is 6.74. The Balaban J connectivity index is 1.24. The first-order chi connectivity index (χ1) is 16.0. The van der Waals surface area contributed by atoms with Gasteiger partial charge >= 0.3 is 0 Å². The van der Waals surface area contributed by atoms with Crippen LogP contribution in [0.15, 0.2) is 45.3 Å². The van der Waals surface area contributed by atoms with E-state index in [1.807, 2.05) is 37.3 Å². The zero-order valence-electron chi connectivity index (χ0n) is 20.8. The highest BCUT2D eigenvalue weighted by Gasteiger charge is 2.39. The van der Waals surface area contributed by atoms with E-state index in [2.05, 4.69) is 54.5 Å². The number of aromatic nitrogens is 3. The Kier molecular flexibility index (Phi) is 6.77. The van der Waals surface area contributed by atoms with Crippen LogP contribution in [0.25, 0.3) is 11.3 Å². The van der Waals surface area contributed by atoms with Crippen LogP contribution in [0.4, 0.5) is 0 Å². The number of hydrogen-bond donors (Lipinski definition) is 1. The molecule has 1 aromatic carbocycles. The number of nitrogens with one attached hydrogen (secondary N) is 1. The van der Waals surface area contributed by atoms with Crippen molar-refractivity contribution in [2.24, 2.45) is 5.92 Å². The maximum Gasteiger partial charge on any atom is 0.290 e. The van der Waals surface area contributed by atoms with Crippen molar-refractivity contribution in [3.8, 4) is 11.3 Å². The smallest absolute Gasteiger partial charge is 0.290 e. The van der Waals surface area contributed by atoms with Gasteiger partial charge in [-0.1, -0.05) is 56.3 Å². The molecule has 1 fully saturated rings. The van der Waals surface area contributed by atoms with E-state index in [4.69, 9.17) is 13.4 Å². The number of carbonyl (C=O) groups is 1. The summed E-state index contributed by atoms with van der Waals surface area (Å²) in [4.78, 5) is 12.5. The Morgan fingerprint density at radius 3 is 2.59 bits per heavy atom. The number of amides is 1. The molecule has 1 aliphatic carbocycles. The third kappa shape index (κ3) is 5.47. The third-order valence-electron chi connectivity index (χ3n) is 6.95. The molecule has 0 spiro atoms. The molecule has 2 heterocycles. The van der Waals surface area contributed by atoms with E-state index in [1.54, 1.807) is 6.07 Å². The molecule has 34 heavy (non-hydrogen) atoms. The predicted molar refractivity (Wildman–Crippen MR) is 131 cm³/mol. The van der Waals surface area contributed by atoms with E-state index in [0.717, 1.165) is 18.4 Å². The van der Waals surface area contributed by atoms with Gasteiger partial charge in [0.1, 0.15) is 11.8 Å². The fraction of sp³-hybridized carbons (Fsp3) is 0.520. The van der Waals surface area contributed by atoms with Crippen LogP contribution in [-0.2, 0) is 10.8 Å². The van der Waals surface area contributed by atoms with Gasteiger partial charge in [0.15, 0.2) is 8.32 Å². The van der Waals surface area contributed by atoms with Gasteiger partial charge in [0, 0.05) is 24.1 Å². The molecular formula is C25H34N4O4Si. The summed E-state index contributed by atoms with van der Waals surface area (Å²) in [7, 11) is -1.92. The van der Waals surface area contributed by atoms with Crippen molar-refractivity contribution >= 4 is 14.2 Å². The largest absolute Gasteiger partial charge is 0.422 e. The van der Waals surface area contributed by atoms with Gasteiger partial charge in [-0.05, 0) is 43.8 Å². The Morgan fingerprint density at radius 1 is 1.21 bits per heavy atom. The van der Waals surface area contributed by atoms with Gasteiger partial charge in [0.2, 0.25) is 17.5 Å². The van der Waals surface area contributed by atoms with Crippen LogP contribution in [-0.4, -0.2) is 35.6 Å². The summed E-state index contributed by atoms with van der Waals surface area (Å²) in [6.45, 7) is 13.0. The summed E-state index contributed by atoms with van der Waals surface area (Å²) in [5.41, 5.74) is 1.56. The molecule has 8 nitrogen and oxygen atoms in total. The van der Waals surface area contributed by atoms with E-state index in [1.165, 1.54) is 0 Å². The van der Waals surface area contributed by atoms with E-state index < -0.39 is 8.32 Å².